The molecule has 0 aromatic carbocycles. The number of hydrogen-bond donors (Lipinski definition) is 1. The Morgan fingerprint density at radius 1 is 1.40 bits per heavy atom. The lowest BCUT2D eigenvalue weighted by molar-refractivity contribution is 0.211. The summed E-state index contributed by atoms with van der Waals surface area (Å²) in [6.45, 7) is 14.9. The number of thiophene rings is 1. The largest absolute Gasteiger partial charge is 0.311 e. The highest BCUT2D eigenvalue weighted by Gasteiger charge is 2.25. The van der Waals surface area contributed by atoms with Crippen LogP contribution in [0.25, 0.3) is 0 Å². The van der Waals surface area contributed by atoms with E-state index >= 15 is 0 Å². The Kier molecular flexibility index (Phi) is 6.49. The van der Waals surface area contributed by atoms with Crippen molar-refractivity contribution in [2.75, 3.05) is 39.3 Å². The molecule has 1 aromatic heterocycles. The van der Waals surface area contributed by atoms with Gasteiger partial charge in [-0.1, -0.05) is 13.8 Å². The van der Waals surface area contributed by atoms with Gasteiger partial charge in [0.05, 0.1) is 0 Å². The normalized spacial score (nSPS) is 20.1. The minimum absolute atomic E-state index is 0.782. The molecule has 0 bridgehead atoms. The molecule has 114 valence electrons. The average Bonchev–Trinajstić information content (AvgIpc) is 3.06. The van der Waals surface area contributed by atoms with E-state index in [0.717, 1.165) is 19.1 Å². The van der Waals surface area contributed by atoms with Crippen molar-refractivity contribution in [2.45, 2.75) is 39.8 Å². The third-order valence-electron chi connectivity index (χ3n) is 4.43. The summed E-state index contributed by atoms with van der Waals surface area (Å²) in [5.41, 5.74) is 1.42. The second-order valence-electron chi connectivity index (χ2n) is 5.67. The van der Waals surface area contributed by atoms with Crippen LogP contribution in [0.3, 0.4) is 0 Å². The van der Waals surface area contributed by atoms with Crippen molar-refractivity contribution < 1.29 is 0 Å². The van der Waals surface area contributed by atoms with Gasteiger partial charge in [-0.05, 0) is 50.0 Å². The molecule has 1 unspecified atom stereocenters. The predicted octanol–water partition coefficient (Wildman–Crippen LogP) is 2.56. The second-order valence-corrected chi connectivity index (χ2v) is 6.67. The molecule has 0 aliphatic carbocycles. The van der Waals surface area contributed by atoms with Crippen LogP contribution in [0.4, 0.5) is 0 Å². The molecule has 3 nitrogen and oxygen atoms in total. The van der Waals surface area contributed by atoms with Gasteiger partial charge in [-0.15, -0.1) is 11.3 Å². The molecule has 0 amide bonds. The van der Waals surface area contributed by atoms with Gasteiger partial charge in [0, 0.05) is 37.1 Å². The minimum Gasteiger partial charge on any atom is -0.311 e. The van der Waals surface area contributed by atoms with Gasteiger partial charge in [-0.25, -0.2) is 0 Å². The van der Waals surface area contributed by atoms with Crippen molar-refractivity contribution in [2.24, 2.45) is 0 Å². The van der Waals surface area contributed by atoms with E-state index in [0.29, 0.717) is 0 Å². The number of nitrogens with zero attached hydrogens (tertiary/aromatic N) is 2. The smallest absolute Gasteiger partial charge is 0.0302 e. The molecule has 0 radical (unpaired) electrons. The van der Waals surface area contributed by atoms with Crippen LogP contribution in [0.2, 0.25) is 0 Å². The highest BCUT2D eigenvalue weighted by Crippen LogP contribution is 2.16. The molecule has 1 saturated heterocycles. The van der Waals surface area contributed by atoms with E-state index in [1.54, 1.807) is 0 Å². The van der Waals surface area contributed by atoms with Gasteiger partial charge in [0.15, 0.2) is 0 Å². The topological polar surface area (TPSA) is 18.5 Å². The Morgan fingerprint density at radius 2 is 2.20 bits per heavy atom. The number of likely N-dealkylation sites (tertiary alicyclic amines) is 1. The quantitative estimate of drug-likeness (QED) is 0.744. The lowest BCUT2D eigenvalue weighted by Gasteiger charge is -2.26. The van der Waals surface area contributed by atoms with Crippen LogP contribution in [0.5, 0.6) is 0 Å². The molecule has 1 aliphatic heterocycles. The maximum atomic E-state index is 3.58. The first-order chi connectivity index (χ1) is 9.74. The molecule has 1 atom stereocenters. The van der Waals surface area contributed by atoms with Gasteiger partial charge in [-0.3, -0.25) is 4.90 Å². The van der Waals surface area contributed by atoms with E-state index in [1.165, 1.54) is 49.6 Å². The van der Waals surface area contributed by atoms with E-state index < -0.39 is 0 Å². The van der Waals surface area contributed by atoms with E-state index in [2.05, 4.69) is 47.3 Å². The van der Waals surface area contributed by atoms with Crippen molar-refractivity contribution in [3.8, 4) is 0 Å². The molecular weight excluding hydrogens is 266 g/mol. The van der Waals surface area contributed by atoms with E-state index in [9.17, 15) is 0 Å². The summed E-state index contributed by atoms with van der Waals surface area (Å²) < 4.78 is 0. The third-order valence-corrected chi connectivity index (χ3v) is 5.46. The summed E-state index contributed by atoms with van der Waals surface area (Å²) in [6.07, 6.45) is 1.34. The number of rotatable bonds is 8. The molecule has 0 spiro atoms. The van der Waals surface area contributed by atoms with E-state index in [-0.39, 0.29) is 0 Å². The van der Waals surface area contributed by atoms with Crippen LogP contribution in [0.1, 0.15) is 30.7 Å². The molecule has 1 aromatic rings. The van der Waals surface area contributed by atoms with Crippen LogP contribution in [-0.4, -0.2) is 55.1 Å². The highest BCUT2D eigenvalue weighted by molar-refractivity contribution is 7.10. The van der Waals surface area contributed by atoms with Gasteiger partial charge < -0.3 is 10.2 Å². The van der Waals surface area contributed by atoms with E-state index in [4.69, 9.17) is 0 Å². The number of hydrogen-bond acceptors (Lipinski definition) is 4. The highest BCUT2D eigenvalue weighted by atomic mass is 32.1. The summed E-state index contributed by atoms with van der Waals surface area (Å²) in [4.78, 5) is 6.69. The Hall–Kier alpha value is -0.420. The van der Waals surface area contributed by atoms with Crippen molar-refractivity contribution in [1.82, 2.24) is 15.1 Å². The summed E-state index contributed by atoms with van der Waals surface area (Å²) in [5, 5.41) is 5.76. The molecule has 0 saturated carbocycles. The Labute approximate surface area is 128 Å². The fourth-order valence-electron chi connectivity index (χ4n) is 3.08. The van der Waals surface area contributed by atoms with Crippen molar-refractivity contribution in [1.29, 1.82) is 0 Å². The number of likely N-dealkylation sites (N-methyl/N-ethyl adjacent to an activating group) is 1. The van der Waals surface area contributed by atoms with Gasteiger partial charge in [0.25, 0.3) is 0 Å². The fourth-order valence-corrected chi connectivity index (χ4v) is 3.95. The molecule has 4 heteroatoms. The van der Waals surface area contributed by atoms with Gasteiger partial charge in [0.1, 0.15) is 0 Å². The summed E-state index contributed by atoms with van der Waals surface area (Å²) in [7, 11) is 0. The Bertz CT molecular complexity index is 387. The molecule has 2 heterocycles. The molecule has 1 aliphatic rings. The Balaban J connectivity index is 1.62. The average molecular weight is 295 g/mol. The zero-order chi connectivity index (χ0) is 14.4. The predicted molar refractivity (Wildman–Crippen MR) is 88.5 cm³/mol. The van der Waals surface area contributed by atoms with Crippen molar-refractivity contribution >= 4 is 11.3 Å². The first-order valence-corrected chi connectivity index (χ1v) is 8.82. The molecule has 20 heavy (non-hydrogen) atoms. The summed E-state index contributed by atoms with van der Waals surface area (Å²) >= 11 is 1.86. The zero-order valence-electron chi connectivity index (χ0n) is 13.2. The SMILES string of the molecule is CCN(CC)C1CCN(CCNCc2sccc2C)C1. The van der Waals surface area contributed by atoms with Crippen molar-refractivity contribution in [3.05, 3.63) is 21.9 Å². The van der Waals surface area contributed by atoms with Crippen LogP contribution >= 0.6 is 11.3 Å². The van der Waals surface area contributed by atoms with E-state index in [1.807, 2.05) is 11.3 Å². The molecular formula is C16H29N3S. The zero-order valence-corrected chi connectivity index (χ0v) is 14.0. The summed E-state index contributed by atoms with van der Waals surface area (Å²) in [5.74, 6) is 0. The van der Waals surface area contributed by atoms with Gasteiger partial charge >= 0.3 is 0 Å². The monoisotopic (exact) mass is 295 g/mol. The van der Waals surface area contributed by atoms with Crippen LogP contribution < -0.4 is 5.32 Å². The summed E-state index contributed by atoms with van der Waals surface area (Å²) in [6, 6.07) is 2.99. The second kappa shape index (κ2) is 8.13. The first-order valence-electron chi connectivity index (χ1n) is 7.94. The maximum Gasteiger partial charge on any atom is 0.0302 e. The fraction of sp³-hybridized carbons (Fsp3) is 0.750. The molecule has 1 fully saturated rings. The van der Waals surface area contributed by atoms with Gasteiger partial charge in [-0.2, -0.15) is 0 Å². The Morgan fingerprint density at radius 3 is 2.85 bits per heavy atom. The molecule has 1 N–H and O–H groups in total. The van der Waals surface area contributed by atoms with Crippen LogP contribution in [-0.2, 0) is 6.54 Å². The standard InChI is InChI=1S/C16H29N3S/c1-4-19(5-2)15-6-9-18(13-15)10-8-17-12-16-14(3)7-11-20-16/h7,11,15,17H,4-6,8-10,12-13H2,1-3H3. The lowest BCUT2D eigenvalue weighted by Crippen LogP contribution is -2.38. The first kappa shape index (κ1) is 16.0. The molecule has 2 rings (SSSR count). The lowest BCUT2D eigenvalue weighted by atomic mass is 10.2. The van der Waals surface area contributed by atoms with Crippen molar-refractivity contribution in [3.63, 3.8) is 0 Å². The maximum absolute atomic E-state index is 3.58. The third kappa shape index (κ3) is 4.29. The van der Waals surface area contributed by atoms with Crippen LogP contribution in [0.15, 0.2) is 11.4 Å². The van der Waals surface area contributed by atoms with Crippen LogP contribution in [0, 0.1) is 6.92 Å². The number of aryl methyl sites for hydroxylation is 1. The minimum atomic E-state index is 0.782. The van der Waals surface area contributed by atoms with Gasteiger partial charge in [0.2, 0.25) is 0 Å². The number of nitrogens with one attached hydrogen (secondary N) is 1.